The fourth-order valence-electron chi connectivity index (χ4n) is 4.22. The molecule has 1 aliphatic rings. The van der Waals surface area contributed by atoms with Gasteiger partial charge in [-0.05, 0) is 43.6 Å². The van der Waals surface area contributed by atoms with E-state index in [2.05, 4.69) is 33.6 Å². The predicted octanol–water partition coefficient (Wildman–Crippen LogP) is 5.16. The van der Waals surface area contributed by atoms with Crippen molar-refractivity contribution in [2.75, 3.05) is 12.4 Å². The zero-order chi connectivity index (χ0) is 23.7. The van der Waals surface area contributed by atoms with Crippen molar-refractivity contribution in [1.82, 2.24) is 9.27 Å². The molecular formula is C24H24N4O4S. The standard InChI is InChI=1S/C24H24N4O4S/c1-14-20(24(29)30)21(17-10-7-11-18(12-17)28(31)32)22-19(26-33-23(22)25-14)13-27(3)15(2)16-8-5-4-6-9-16/h4-12,15,21,25H,13H2,1-3H3,(H,29,30). The molecule has 2 unspecified atom stereocenters. The number of anilines is 1. The largest absolute Gasteiger partial charge is 0.478 e. The van der Waals surface area contributed by atoms with Crippen LogP contribution in [-0.4, -0.2) is 32.3 Å². The topological polar surface area (TPSA) is 109 Å². The number of nitro groups is 1. The number of aliphatic carboxylic acids is 1. The van der Waals surface area contributed by atoms with Gasteiger partial charge in [-0.3, -0.25) is 15.0 Å². The maximum atomic E-state index is 12.3. The maximum absolute atomic E-state index is 12.3. The summed E-state index contributed by atoms with van der Waals surface area (Å²) in [7, 11) is 2.00. The van der Waals surface area contributed by atoms with Gasteiger partial charge in [0.1, 0.15) is 5.00 Å². The number of aromatic nitrogens is 1. The first kappa shape index (κ1) is 22.6. The second kappa shape index (κ2) is 9.13. The molecule has 170 valence electrons. The van der Waals surface area contributed by atoms with Gasteiger partial charge in [0, 0.05) is 41.9 Å². The molecule has 0 fully saturated rings. The number of nitrogens with zero attached hydrogens (tertiary/aromatic N) is 3. The molecule has 2 atom stereocenters. The third-order valence-corrected chi connectivity index (χ3v) is 6.89. The van der Waals surface area contributed by atoms with E-state index in [4.69, 9.17) is 0 Å². The molecule has 1 aliphatic heterocycles. The summed E-state index contributed by atoms with van der Waals surface area (Å²) in [4.78, 5) is 25.3. The van der Waals surface area contributed by atoms with Crippen LogP contribution in [0.1, 0.15) is 48.2 Å². The van der Waals surface area contributed by atoms with Gasteiger partial charge in [0.15, 0.2) is 0 Å². The zero-order valence-electron chi connectivity index (χ0n) is 18.5. The Kier molecular flexibility index (Phi) is 6.26. The molecule has 0 saturated carbocycles. The third-order valence-electron chi connectivity index (χ3n) is 6.07. The van der Waals surface area contributed by atoms with E-state index in [1.165, 1.54) is 29.2 Å². The van der Waals surface area contributed by atoms with Gasteiger partial charge in [0.2, 0.25) is 0 Å². The number of nitro benzene ring substituents is 1. The summed E-state index contributed by atoms with van der Waals surface area (Å²) in [6, 6.07) is 16.4. The first-order chi connectivity index (χ1) is 15.8. The average molecular weight is 465 g/mol. The molecule has 0 saturated heterocycles. The normalized spacial score (nSPS) is 16.3. The van der Waals surface area contributed by atoms with Crippen molar-refractivity contribution in [2.45, 2.75) is 32.4 Å². The summed E-state index contributed by atoms with van der Waals surface area (Å²) in [5.74, 6) is -1.72. The van der Waals surface area contributed by atoms with E-state index in [1.807, 2.05) is 25.2 Å². The van der Waals surface area contributed by atoms with Gasteiger partial charge in [0.25, 0.3) is 5.69 Å². The Morgan fingerprint density at radius 1 is 1.27 bits per heavy atom. The Hall–Kier alpha value is -3.56. The molecular weight excluding hydrogens is 440 g/mol. The number of allylic oxidation sites excluding steroid dienone is 1. The Labute approximate surface area is 195 Å². The molecule has 2 N–H and O–H groups in total. The lowest BCUT2D eigenvalue weighted by Gasteiger charge is -2.29. The molecule has 0 aliphatic carbocycles. The molecule has 3 aromatic rings. The summed E-state index contributed by atoms with van der Waals surface area (Å²) >= 11 is 1.28. The van der Waals surface area contributed by atoms with Crippen molar-refractivity contribution in [3.8, 4) is 0 Å². The van der Waals surface area contributed by atoms with E-state index in [-0.39, 0.29) is 17.3 Å². The first-order valence-electron chi connectivity index (χ1n) is 10.5. The Balaban J connectivity index is 1.77. The molecule has 0 bridgehead atoms. The monoisotopic (exact) mass is 464 g/mol. The lowest BCUT2D eigenvalue weighted by molar-refractivity contribution is -0.384. The quantitative estimate of drug-likeness (QED) is 0.367. The smallest absolute Gasteiger partial charge is 0.334 e. The lowest BCUT2D eigenvalue weighted by atomic mass is 9.81. The van der Waals surface area contributed by atoms with Crippen LogP contribution in [0.4, 0.5) is 10.7 Å². The van der Waals surface area contributed by atoms with Crippen LogP contribution in [0.25, 0.3) is 0 Å². The van der Waals surface area contributed by atoms with Gasteiger partial charge in [-0.2, -0.15) is 4.37 Å². The van der Waals surface area contributed by atoms with Crippen molar-refractivity contribution >= 4 is 28.2 Å². The summed E-state index contributed by atoms with van der Waals surface area (Å²) < 4.78 is 4.66. The highest BCUT2D eigenvalue weighted by Crippen LogP contribution is 2.46. The number of hydrogen-bond donors (Lipinski definition) is 2. The zero-order valence-corrected chi connectivity index (χ0v) is 19.3. The summed E-state index contributed by atoms with van der Waals surface area (Å²) in [6.45, 7) is 4.32. The molecule has 8 nitrogen and oxygen atoms in total. The summed E-state index contributed by atoms with van der Waals surface area (Å²) in [5, 5.41) is 25.4. The van der Waals surface area contributed by atoms with Crippen LogP contribution in [0.15, 0.2) is 65.9 Å². The van der Waals surface area contributed by atoms with Gasteiger partial charge in [0.05, 0.1) is 16.2 Å². The molecule has 2 aromatic carbocycles. The van der Waals surface area contributed by atoms with Crippen LogP contribution in [0.5, 0.6) is 0 Å². The highest BCUT2D eigenvalue weighted by Gasteiger charge is 2.37. The SMILES string of the molecule is CC1=C(C(=O)O)C(c2cccc([N+](=O)[O-])c2)c2c(CN(C)C(C)c3ccccc3)nsc2N1. The van der Waals surface area contributed by atoms with Gasteiger partial charge in [-0.15, -0.1) is 0 Å². The van der Waals surface area contributed by atoms with Gasteiger partial charge in [-0.25, -0.2) is 4.79 Å². The molecule has 1 aromatic heterocycles. The third kappa shape index (κ3) is 4.37. The number of carboxylic acids is 1. The highest BCUT2D eigenvalue weighted by atomic mass is 32.1. The van der Waals surface area contributed by atoms with E-state index in [0.29, 0.717) is 17.8 Å². The lowest BCUT2D eigenvalue weighted by Crippen LogP contribution is -2.26. The molecule has 0 spiro atoms. The minimum absolute atomic E-state index is 0.0745. The molecule has 33 heavy (non-hydrogen) atoms. The average Bonchev–Trinajstić information content (AvgIpc) is 3.19. The van der Waals surface area contributed by atoms with Crippen LogP contribution in [0, 0.1) is 10.1 Å². The highest BCUT2D eigenvalue weighted by molar-refractivity contribution is 7.10. The van der Waals surface area contributed by atoms with E-state index >= 15 is 0 Å². The second-order valence-electron chi connectivity index (χ2n) is 8.13. The van der Waals surface area contributed by atoms with Gasteiger partial charge < -0.3 is 10.4 Å². The van der Waals surface area contributed by atoms with Crippen molar-refractivity contribution in [2.24, 2.45) is 0 Å². The number of carboxylic acid groups (broad SMARTS) is 1. The van der Waals surface area contributed by atoms with Crippen LogP contribution in [0.3, 0.4) is 0 Å². The minimum Gasteiger partial charge on any atom is -0.478 e. The summed E-state index contributed by atoms with van der Waals surface area (Å²) in [5.41, 5.74) is 3.85. The number of rotatable bonds is 7. The van der Waals surface area contributed by atoms with Crippen molar-refractivity contribution in [1.29, 1.82) is 0 Å². The van der Waals surface area contributed by atoms with E-state index < -0.39 is 16.8 Å². The van der Waals surface area contributed by atoms with Crippen LogP contribution in [-0.2, 0) is 11.3 Å². The number of non-ortho nitro benzene ring substituents is 1. The van der Waals surface area contributed by atoms with E-state index in [1.54, 1.807) is 19.1 Å². The predicted molar refractivity (Wildman–Crippen MR) is 127 cm³/mol. The number of carbonyl (C=O) groups is 1. The fourth-order valence-corrected chi connectivity index (χ4v) is 5.12. The van der Waals surface area contributed by atoms with E-state index in [9.17, 15) is 20.0 Å². The molecule has 9 heteroatoms. The molecule has 0 radical (unpaired) electrons. The number of nitrogens with one attached hydrogen (secondary N) is 1. The fraction of sp³-hybridized carbons (Fsp3) is 0.250. The molecule has 4 rings (SSSR count). The Morgan fingerprint density at radius 2 is 2.00 bits per heavy atom. The van der Waals surface area contributed by atoms with Crippen LogP contribution in [0.2, 0.25) is 0 Å². The maximum Gasteiger partial charge on any atom is 0.334 e. The van der Waals surface area contributed by atoms with Crippen LogP contribution < -0.4 is 5.32 Å². The van der Waals surface area contributed by atoms with Crippen molar-refractivity contribution < 1.29 is 14.8 Å². The summed E-state index contributed by atoms with van der Waals surface area (Å²) in [6.07, 6.45) is 0. The van der Waals surface area contributed by atoms with Gasteiger partial charge >= 0.3 is 5.97 Å². The van der Waals surface area contributed by atoms with Crippen LogP contribution >= 0.6 is 11.5 Å². The van der Waals surface area contributed by atoms with Gasteiger partial charge in [-0.1, -0.05) is 42.5 Å². The number of benzene rings is 2. The van der Waals surface area contributed by atoms with Crippen molar-refractivity contribution in [3.05, 3.63) is 98.4 Å². The second-order valence-corrected chi connectivity index (χ2v) is 8.90. The number of fused-ring (bicyclic) bond motifs is 1. The molecule has 2 heterocycles. The molecule has 0 amide bonds. The minimum atomic E-state index is -1.06. The van der Waals surface area contributed by atoms with Crippen molar-refractivity contribution in [3.63, 3.8) is 0 Å². The number of hydrogen-bond acceptors (Lipinski definition) is 7. The van der Waals surface area contributed by atoms with E-state index in [0.717, 1.165) is 16.3 Å². The Bertz CT molecular complexity index is 1240. The Morgan fingerprint density at radius 3 is 2.67 bits per heavy atom. The first-order valence-corrected chi connectivity index (χ1v) is 11.2.